The van der Waals surface area contributed by atoms with Crippen LogP contribution in [-0.2, 0) is 9.47 Å². The monoisotopic (exact) mass is 283 g/mol. The van der Waals surface area contributed by atoms with E-state index in [1.54, 1.807) is 4.90 Å². The first-order valence-corrected chi connectivity index (χ1v) is 7.89. The molecule has 1 aliphatic carbocycles. The number of carbonyl (C=O) groups is 1. The lowest BCUT2D eigenvalue weighted by Crippen LogP contribution is -2.51. The van der Waals surface area contributed by atoms with E-state index in [0.717, 1.165) is 31.9 Å². The molecule has 0 aromatic rings. The van der Waals surface area contributed by atoms with Crippen LogP contribution >= 0.6 is 0 Å². The van der Waals surface area contributed by atoms with Crippen LogP contribution < -0.4 is 0 Å². The molecule has 20 heavy (non-hydrogen) atoms. The summed E-state index contributed by atoms with van der Waals surface area (Å²) in [5, 5.41) is 0. The predicted molar refractivity (Wildman–Crippen MR) is 78.7 cm³/mol. The number of ether oxygens (including phenoxy) is 2. The lowest BCUT2D eigenvalue weighted by Gasteiger charge is -2.41. The summed E-state index contributed by atoms with van der Waals surface area (Å²) in [6.07, 6.45) is 5.74. The fraction of sp³-hybridized carbons (Fsp3) is 0.938. The number of likely N-dealkylation sites (tertiary alicyclic amines) is 1. The Balaban J connectivity index is 1.84. The summed E-state index contributed by atoms with van der Waals surface area (Å²) in [4.78, 5) is 14.0. The van der Waals surface area contributed by atoms with E-state index in [2.05, 4.69) is 6.92 Å². The fourth-order valence-corrected chi connectivity index (χ4v) is 2.78. The lowest BCUT2D eigenvalue weighted by molar-refractivity contribution is -0.0968. The minimum Gasteiger partial charge on any atom is -0.444 e. The van der Waals surface area contributed by atoms with Gasteiger partial charge in [0.15, 0.2) is 0 Å². The topological polar surface area (TPSA) is 38.8 Å². The summed E-state index contributed by atoms with van der Waals surface area (Å²) in [6, 6.07) is 0. The number of hydrogen-bond acceptors (Lipinski definition) is 3. The third-order valence-electron chi connectivity index (χ3n) is 4.20. The van der Waals surface area contributed by atoms with Gasteiger partial charge in [0.2, 0.25) is 0 Å². The maximum atomic E-state index is 12.2. The van der Waals surface area contributed by atoms with Gasteiger partial charge in [0.25, 0.3) is 0 Å². The van der Waals surface area contributed by atoms with E-state index < -0.39 is 5.60 Å². The van der Waals surface area contributed by atoms with Crippen LogP contribution in [0.5, 0.6) is 0 Å². The number of hydrogen-bond donors (Lipinski definition) is 0. The highest BCUT2D eigenvalue weighted by Crippen LogP contribution is 2.31. The zero-order valence-electron chi connectivity index (χ0n) is 13.4. The molecule has 1 aliphatic heterocycles. The molecule has 1 unspecified atom stereocenters. The average molecular weight is 283 g/mol. The molecule has 0 aromatic heterocycles. The molecule has 4 heteroatoms. The predicted octanol–water partition coefficient (Wildman–Crippen LogP) is 3.59. The van der Waals surface area contributed by atoms with Gasteiger partial charge in [0.1, 0.15) is 5.60 Å². The summed E-state index contributed by atoms with van der Waals surface area (Å²) in [5.74, 6) is 0.740. The van der Waals surface area contributed by atoms with E-state index in [9.17, 15) is 4.79 Å². The zero-order chi connectivity index (χ0) is 14.8. The van der Waals surface area contributed by atoms with Crippen molar-refractivity contribution in [3.05, 3.63) is 0 Å². The highest BCUT2D eigenvalue weighted by atomic mass is 16.6. The normalized spacial score (nSPS) is 28.1. The Morgan fingerprint density at radius 3 is 2.55 bits per heavy atom. The van der Waals surface area contributed by atoms with E-state index in [-0.39, 0.29) is 11.7 Å². The van der Waals surface area contributed by atoms with Crippen LogP contribution in [-0.4, -0.2) is 41.9 Å². The largest absolute Gasteiger partial charge is 0.444 e. The fourth-order valence-electron chi connectivity index (χ4n) is 2.78. The molecule has 1 amide bonds. The molecule has 2 fully saturated rings. The highest BCUT2D eigenvalue weighted by Gasteiger charge is 2.36. The van der Waals surface area contributed by atoms with E-state index >= 15 is 0 Å². The zero-order valence-corrected chi connectivity index (χ0v) is 13.4. The smallest absolute Gasteiger partial charge is 0.410 e. The average Bonchev–Trinajstić information content (AvgIpc) is 2.24. The lowest BCUT2D eigenvalue weighted by atomic mass is 9.86. The minimum atomic E-state index is -0.433. The molecule has 0 aromatic carbocycles. The molecular formula is C16H29NO3. The Hall–Kier alpha value is -0.770. The Labute approximate surface area is 122 Å². The maximum Gasteiger partial charge on any atom is 0.410 e. The quantitative estimate of drug-likeness (QED) is 0.794. The molecule has 2 rings (SSSR count). The van der Waals surface area contributed by atoms with Crippen LogP contribution in [0.15, 0.2) is 0 Å². The number of carbonyl (C=O) groups excluding carboxylic acids is 1. The van der Waals surface area contributed by atoms with Crippen LogP contribution in [0.1, 0.15) is 59.8 Å². The number of rotatable bonds is 3. The van der Waals surface area contributed by atoms with Gasteiger partial charge in [0.05, 0.1) is 18.8 Å². The molecule has 1 saturated heterocycles. The van der Waals surface area contributed by atoms with Crippen molar-refractivity contribution in [3.8, 4) is 0 Å². The van der Waals surface area contributed by atoms with Gasteiger partial charge in [-0.1, -0.05) is 6.42 Å². The van der Waals surface area contributed by atoms with Crippen LogP contribution in [0.4, 0.5) is 4.79 Å². The molecule has 1 heterocycles. The van der Waals surface area contributed by atoms with Crippen LogP contribution in [0.3, 0.4) is 0 Å². The first-order chi connectivity index (χ1) is 9.27. The molecule has 0 spiro atoms. The van der Waals surface area contributed by atoms with E-state index in [1.807, 2.05) is 20.8 Å². The third kappa shape index (κ3) is 4.37. The van der Waals surface area contributed by atoms with E-state index in [0.29, 0.717) is 6.54 Å². The Bertz CT molecular complexity index is 346. The van der Waals surface area contributed by atoms with Crippen LogP contribution in [0, 0.1) is 5.92 Å². The Morgan fingerprint density at radius 2 is 2.00 bits per heavy atom. The first-order valence-electron chi connectivity index (χ1n) is 7.89. The second-order valence-corrected chi connectivity index (χ2v) is 7.56. The van der Waals surface area contributed by atoms with Crippen molar-refractivity contribution in [2.24, 2.45) is 5.92 Å². The molecule has 1 atom stereocenters. The van der Waals surface area contributed by atoms with Crippen molar-refractivity contribution in [1.29, 1.82) is 0 Å². The molecule has 1 saturated carbocycles. The van der Waals surface area contributed by atoms with E-state index in [1.165, 1.54) is 19.3 Å². The summed E-state index contributed by atoms with van der Waals surface area (Å²) < 4.78 is 11.6. The number of amides is 1. The van der Waals surface area contributed by atoms with Crippen molar-refractivity contribution in [1.82, 2.24) is 4.90 Å². The number of piperidine rings is 1. The van der Waals surface area contributed by atoms with Gasteiger partial charge in [-0.2, -0.15) is 0 Å². The molecule has 4 nitrogen and oxygen atoms in total. The van der Waals surface area contributed by atoms with Crippen molar-refractivity contribution in [2.75, 3.05) is 19.7 Å². The summed E-state index contributed by atoms with van der Waals surface area (Å²) in [5.41, 5.74) is -0.636. The van der Waals surface area contributed by atoms with Crippen molar-refractivity contribution >= 4 is 6.09 Å². The molecular weight excluding hydrogens is 254 g/mol. The number of nitrogens with zero attached hydrogens (tertiary/aromatic N) is 1. The van der Waals surface area contributed by atoms with E-state index in [4.69, 9.17) is 9.47 Å². The summed E-state index contributed by atoms with van der Waals surface area (Å²) in [6.45, 7) is 10.1. The maximum absolute atomic E-state index is 12.2. The second kappa shape index (κ2) is 5.92. The molecule has 0 radical (unpaired) electrons. The second-order valence-electron chi connectivity index (χ2n) is 7.56. The molecule has 2 aliphatic rings. The Kier molecular flexibility index (Phi) is 4.62. The van der Waals surface area contributed by atoms with Gasteiger partial charge >= 0.3 is 6.09 Å². The summed E-state index contributed by atoms with van der Waals surface area (Å²) >= 11 is 0. The molecule has 0 bridgehead atoms. The SMILES string of the molecule is CC(C)(C)OC(=O)N1CCCC(C)(OCC2CCC2)C1. The Morgan fingerprint density at radius 1 is 1.30 bits per heavy atom. The molecule has 0 N–H and O–H groups in total. The van der Waals surface area contributed by atoms with Crippen molar-refractivity contribution in [3.63, 3.8) is 0 Å². The minimum absolute atomic E-state index is 0.204. The van der Waals surface area contributed by atoms with Gasteiger partial charge in [-0.15, -0.1) is 0 Å². The first kappa shape index (κ1) is 15.6. The highest BCUT2D eigenvalue weighted by molar-refractivity contribution is 5.68. The molecule has 116 valence electrons. The standard InChI is InChI=1S/C16H29NO3/c1-15(2,3)20-14(18)17-10-6-9-16(4,12-17)19-11-13-7-5-8-13/h13H,5-12H2,1-4H3. The van der Waals surface area contributed by atoms with Gasteiger partial charge in [0, 0.05) is 6.54 Å². The van der Waals surface area contributed by atoms with Crippen LogP contribution in [0.2, 0.25) is 0 Å². The van der Waals surface area contributed by atoms with Gasteiger partial charge in [-0.25, -0.2) is 4.79 Å². The van der Waals surface area contributed by atoms with Gasteiger partial charge in [-0.05, 0) is 59.3 Å². The van der Waals surface area contributed by atoms with Crippen molar-refractivity contribution in [2.45, 2.75) is 71.0 Å². The third-order valence-corrected chi connectivity index (χ3v) is 4.20. The van der Waals surface area contributed by atoms with Crippen LogP contribution in [0.25, 0.3) is 0 Å². The van der Waals surface area contributed by atoms with Gasteiger partial charge < -0.3 is 14.4 Å². The summed E-state index contributed by atoms with van der Waals surface area (Å²) in [7, 11) is 0. The van der Waals surface area contributed by atoms with Gasteiger partial charge in [-0.3, -0.25) is 0 Å². The van der Waals surface area contributed by atoms with Crippen molar-refractivity contribution < 1.29 is 14.3 Å².